The van der Waals surface area contributed by atoms with E-state index in [-0.39, 0.29) is 6.03 Å². The second-order valence-electron chi connectivity index (χ2n) is 3.38. The van der Waals surface area contributed by atoms with Crippen LogP contribution in [0.5, 0.6) is 0 Å². The van der Waals surface area contributed by atoms with E-state index >= 15 is 0 Å². The van der Waals surface area contributed by atoms with Crippen LogP contribution >= 0.6 is 0 Å². The molecule has 17 heavy (non-hydrogen) atoms. The average molecular weight is 227 g/mol. The molecule has 2 amide bonds. The minimum Gasteiger partial charge on any atom is -0.338 e. The van der Waals surface area contributed by atoms with E-state index in [1.165, 1.54) is 0 Å². The number of nitrogens with one attached hydrogen (secondary N) is 2. The van der Waals surface area contributed by atoms with Gasteiger partial charge in [0.05, 0.1) is 11.6 Å². The van der Waals surface area contributed by atoms with Crippen LogP contribution in [0.3, 0.4) is 0 Å². The average Bonchev–Trinajstić information content (AvgIpc) is 2.35. The highest BCUT2D eigenvalue weighted by atomic mass is 16.2. The Bertz CT molecular complexity index is 468. The van der Waals surface area contributed by atoms with Crippen molar-refractivity contribution < 1.29 is 4.79 Å². The summed E-state index contributed by atoms with van der Waals surface area (Å²) in [5.74, 6) is 2.50. The van der Waals surface area contributed by atoms with E-state index in [9.17, 15) is 4.79 Å². The molecular weight excluding hydrogens is 214 g/mol. The van der Waals surface area contributed by atoms with Gasteiger partial charge in [0.2, 0.25) is 0 Å². The highest BCUT2D eigenvalue weighted by Gasteiger charge is 2.01. The molecule has 1 aromatic rings. The second kappa shape index (κ2) is 6.92. The Morgan fingerprint density at radius 1 is 1.47 bits per heavy atom. The summed E-state index contributed by atoms with van der Waals surface area (Å²) in [4.78, 5) is 11.4. The van der Waals surface area contributed by atoms with E-state index < -0.39 is 0 Å². The Balaban J connectivity index is 2.40. The number of anilines is 1. The maximum absolute atomic E-state index is 11.4. The summed E-state index contributed by atoms with van der Waals surface area (Å²) in [5.41, 5.74) is 1.11. The molecule has 0 radical (unpaired) electrons. The summed E-state index contributed by atoms with van der Waals surface area (Å²) in [6, 6.07) is 8.44. The van der Waals surface area contributed by atoms with Crippen LogP contribution in [-0.2, 0) is 0 Å². The van der Waals surface area contributed by atoms with Crippen LogP contribution < -0.4 is 10.6 Å². The molecule has 2 N–H and O–H groups in total. The predicted molar refractivity (Wildman–Crippen MR) is 66.2 cm³/mol. The minimum absolute atomic E-state index is 0.294. The van der Waals surface area contributed by atoms with Crippen molar-refractivity contribution >= 4 is 11.7 Å². The van der Waals surface area contributed by atoms with E-state index in [1.54, 1.807) is 24.3 Å². The normalized spacial score (nSPS) is 8.82. The van der Waals surface area contributed by atoms with Gasteiger partial charge in [-0.1, -0.05) is 6.07 Å². The van der Waals surface area contributed by atoms with Crippen molar-refractivity contribution in [2.45, 2.75) is 12.8 Å². The Kier molecular flexibility index (Phi) is 5.13. The molecule has 86 valence electrons. The zero-order valence-corrected chi connectivity index (χ0v) is 9.36. The van der Waals surface area contributed by atoms with Gasteiger partial charge in [0, 0.05) is 18.7 Å². The van der Waals surface area contributed by atoms with Crippen LogP contribution in [0.2, 0.25) is 0 Å². The molecular formula is C13H13N3O. The lowest BCUT2D eigenvalue weighted by molar-refractivity contribution is 0.252. The molecule has 0 unspecified atom stereocenters. The van der Waals surface area contributed by atoms with Crippen LogP contribution in [-0.4, -0.2) is 12.6 Å². The molecule has 0 aliphatic rings. The summed E-state index contributed by atoms with van der Waals surface area (Å²) in [7, 11) is 0. The largest absolute Gasteiger partial charge is 0.338 e. The smallest absolute Gasteiger partial charge is 0.319 e. The monoisotopic (exact) mass is 227 g/mol. The standard InChI is InChI=1S/C13H13N3O/c1-2-3-4-8-15-13(17)16-12-7-5-6-11(9-12)10-14/h1,5-7,9H,3-4,8H2,(H2,15,16,17). The maximum Gasteiger partial charge on any atom is 0.319 e. The Morgan fingerprint density at radius 2 is 2.29 bits per heavy atom. The van der Waals surface area contributed by atoms with Crippen molar-refractivity contribution in [1.82, 2.24) is 5.32 Å². The quantitative estimate of drug-likeness (QED) is 0.611. The van der Waals surface area contributed by atoms with Gasteiger partial charge in [0.25, 0.3) is 0 Å². The van der Waals surface area contributed by atoms with Gasteiger partial charge in [-0.3, -0.25) is 0 Å². The summed E-state index contributed by atoms with van der Waals surface area (Å²) >= 11 is 0. The van der Waals surface area contributed by atoms with Gasteiger partial charge in [-0.25, -0.2) is 4.79 Å². The molecule has 0 saturated heterocycles. The van der Waals surface area contributed by atoms with E-state index in [0.29, 0.717) is 24.2 Å². The number of hydrogen-bond donors (Lipinski definition) is 2. The number of urea groups is 1. The first-order valence-electron chi connectivity index (χ1n) is 5.24. The molecule has 0 aliphatic heterocycles. The van der Waals surface area contributed by atoms with E-state index in [4.69, 9.17) is 11.7 Å². The molecule has 4 heteroatoms. The number of carbonyl (C=O) groups is 1. The third kappa shape index (κ3) is 4.72. The topological polar surface area (TPSA) is 64.9 Å². The number of amides is 2. The molecule has 0 atom stereocenters. The molecule has 0 aromatic heterocycles. The third-order valence-corrected chi connectivity index (χ3v) is 2.03. The molecule has 0 saturated carbocycles. The summed E-state index contributed by atoms with van der Waals surface area (Å²) in [6.45, 7) is 0.536. The first-order valence-corrected chi connectivity index (χ1v) is 5.24. The van der Waals surface area contributed by atoms with Crippen molar-refractivity contribution in [1.29, 1.82) is 5.26 Å². The van der Waals surface area contributed by atoms with Gasteiger partial charge < -0.3 is 10.6 Å². The fraction of sp³-hybridized carbons (Fsp3) is 0.231. The molecule has 1 rings (SSSR count). The van der Waals surface area contributed by atoms with Crippen LogP contribution in [0.4, 0.5) is 10.5 Å². The van der Waals surface area contributed by atoms with Crippen LogP contribution in [0, 0.1) is 23.7 Å². The SMILES string of the molecule is C#CCCCNC(=O)Nc1cccc(C#N)c1. The van der Waals surface area contributed by atoms with Crippen LogP contribution in [0.15, 0.2) is 24.3 Å². The molecule has 1 aromatic carbocycles. The second-order valence-corrected chi connectivity index (χ2v) is 3.38. The highest BCUT2D eigenvalue weighted by Crippen LogP contribution is 2.09. The van der Waals surface area contributed by atoms with Gasteiger partial charge in [-0.2, -0.15) is 5.26 Å². The Labute approximate surface area is 101 Å². The van der Waals surface area contributed by atoms with E-state index in [1.807, 2.05) is 6.07 Å². The first-order chi connectivity index (χ1) is 8.26. The van der Waals surface area contributed by atoms with E-state index in [2.05, 4.69) is 16.6 Å². The van der Waals surface area contributed by atoms with Crippen molar-refractivity contribution in [2.75, 3.05) is 11.9 Å². The number of hydrogen-bond acceptors (Lipinski definition) is 2. The molecule has 0 heterocycles. The Hall–Kier alpha value is -2.46. The number of benzene rings is 1. The molecule has 0 bridgehead atoms. The summed E-state index contributed by atoms with van der Waals surface area (Å²) in [6.07, 6.45) is 6.49. The highest BCUT2D eigenvalue weighted by molar-refractivity contribution is 5.89. The number of rotatable bonds is 4. The predicted octanol–water partition coefficient (Wildman–Crippen LogP) is 2.09. The summed E-state index contributed by atoms with van der Waals surface area (Å²) < 4.78 is 0. The Morgan fingerprint density at radius 3 is 3.00 bits per heavy atom. The minimum atomic E-state index is -0.294. The lowest BCUT2D eigenvalue weighted by Crippen LogP contribution is -2.29. The molecule has 0 spiro atoms. The maximum atomic E-state index is 11.4. The van der Waals surface area contributed by atoms with Crippen molar-refractivity contribution in [3.63, 3.8) is 0 Å². The van der Waals surface area contributed by atoms with Gasteiger partial charge in [0.1, 0.15) is 0 Å². The fourth-order valence-corrected chi connectivity index (χ4v) is 1.23. The third-order valence-electron chi connectivity index (χ3n) is 2.03. The number of nitrogens with zero attached hydrogens (tertiary/aromatic N) is 1. The number of unbranched alkanes of at least 4 members (excludes halogenated alkanes) is 1. The van der Waals surface area contributed by atoms with Gasteiger partial charge in [-0.15, -0.1) is 12.3 Å². The van der Waals surface area contributed by atoms with Crippen LogP contribution in [0.1, 0.15) is 18.4 Å². The number of nitriles is 1. The van der Waals surface area contributed by atoms with Gasteiger partial charge >= 0.3 is 6.03 Å². The van der Waals surface area contributed by atoms with Crippen LogP contribution in [0.25, 0.3) is 0 Å². The zero-order valence-electron chi connectivity index (χ0n) is 9.36. The van der Waals surface area contributed by atoms with Gasteiger partial charge in [-0.05, 0) is 24.6 Å². The number of carbonyl (C=O) groups excluding carboxylic acids is 1. The van der Waals surface area contributed by atoms with Gasteiger partial charge in [0.15, 0.2) is 0 Å². The lowest BCUT2D eigenvalue weighted by atomic mass is 10.2. The van der Waals surface area contributed by atoms with Crippen molar-refractivity contribution in [2.24, 2.45) is 0 Å². The van der Waals surface area contributed by atoms with Crippen molar-refractivity contribution in [3.8, 4) is 18.4 Å². The number of terminal acetylenes is 1. The molecule has 0 aliphatic carbocycles. The molecule has 0 fully saturated rings. The lowest BCUT2D eigenvalue weighted by Gasteiger charge is -2.06. The van der Waals surface area contributed by atoms with E-state index in [0.717, 1.165) is 6.42 Å². The summed E-state index contributed by atoms with van der Waals surface area (Å²) in [5, 5.41) is 14.0. The molecule has 4 nitrogen and oxygen atoms in total. The fourth-order valence-electron chi connectivity index (χ4n) is 1.23. The zero-order chi connectivity index (χ0) is 12.5. The van der Waals surface area contributed by atoms with Crippen molar-refractivity contribution in [3.05, 3.63) is 29.8 Å². The first kappa shape index (κ1) is 12.6.